The van der Waals surface area contributed by atoms with Crippen LogP contribution in [0.2, 0.25) is 0 Å². The van der Waals surface area contributed by atoms with E-state index >= 15 is 0 Å². The van der Waals surface area contributed by atoms with E-state index in [9.17, 15) is 13.2 Å². The molecular weight excluding hydrogens is 372 g/mol. The number of hydrogen-bond donors (Lipinski definition) is 1. The second-order valence-electron chi connectivity index (χ2n) is 7.96. The average Bonchev–Trinajstić information content (AvgIpc) is 2.62. The zero-order valence-electron chi connectivity index (χ0n) is 17.2. The van der Waals surface area contributed by atoms with Gasteiger partial charge in [0.2, 0.25) is 15.9 Å². The minimum Gasteiger partial charge on any atom is -0.352 e. The van der Waals surface area contributed by atoms with Gasteiger partial charge in [-0.25, -0.2) is 8.42 Å². The zero-order chi connectivity index (χ0) is 20.9. The van der Waals surface area contributed by atoms with Crippen LogP contribution >= 0.6 is 0 Å². The van der Waals surface area contributed by atoms with Crippen molar-refractivity contribution in [1.29, 1.82) is 0 Å². The van der Waals surface area contributed by atoms with Crippen LogP contribution in [0.5, 0.6) is 0 Å². The number of carbonyl (C=O) groups excluding carboxylic acids is 1. The smallest absolute Gasteiger partial charge is 0.243 e. The lowest BCUT2D eigenvalue weighted by Crippen LogP contribution is -2.45. The maximum Gasteiger partial charge on any atom is 0.243 e. The largest absolute Gasteiger partial charge is 0.352 e. The summed E-state index contributed by atoms with van der Waals surface area (Å²) in [6.45, 7) is 6.23. The minimum atomic E-state index is -3.54. The van der Waals surface area contributed by atoms with Crippen molar-refractivity contribution in [2.24, 2.45) is 0 Å². The fourth-order valence-electron chi connectivity index (χ4n) is 3.50. The molecule has 0 fully saturated rings. The number of carbonyl (C=O) groups is 1. The van der Waals surface area contributed by atoms with Crippen LogP contribution in [-0.2, 0) is 20.2 Å². The van der Waals surface area contributed by atoms with Crippen LogP contribution in [0.4, 0.5) is 0 Å². The molecule has 0 aliphatic rings. The van der Waals surface area contributed by atoms with E-state index in [1.54, 1.807) is 24.3 Å². The summed E-state index contributed by atoms with van der Waals surface area (Å²) in [6, 6.07) is 18.1. The monoisotopic (exact) mass is 402 g/mol. The van der Waals surface area contributed by atoms with E-state index in [0.29, 0.717) is 5.56 Å². The van der Waals surface area contributed by atoms with Crippen molar-refractivity contribution in [3.8, 4) is 0 Å². The zero-order valence-corrected chi connectivity index (χ0v) is 18.0. The third-order valence-corrected chi connectivity index (χ3v) is 6.27. The highest BCUT2D eigenvalue weighted by Gasteiger charge is 2.32. The molecule has 28 heavy (non-hydrogen) atoms. The van der Waals surface area contributed by atoms with Crippen LogP contribution in [0.15, 0.2) is 60.7 Å². The van der Waals surface area contributed by atoms with Gasteiger partial charge in [0.15, 0.2) is 0 Å². The summed E-state index contributed by atoms with van der Waals surface area (Å²) in [5.74, 6) is -0.324. The second-order valence-corrected chi connectivity index (χ2v) is 10.00. The molecular formula is C22H30N2O3S. The Hall–Kier alpha value is -2.18. The summed E-state index contributed by atoms with van der Waals surface area (Å²) in [5, 5.41) is 3.01. The Labute approximate surface area is 168 Å². The highest BCUT2D eigenvalue weighted by molar-refractivity contribution is 7.88. The molecule has 0 saturated heterocycles. The first kappa shape index (κ1) is 22.1. The molecule has 0 heterocycles. The Morgan fingerprint density at radius 3 is 2.04 bits per heavy atom. The average molecular weight is 403 g/mol. The van der Waals surface area contributed by atoms with Crippen LogP contribution in [0, 0.1) is 0 Å². The number of sulfonamides is 1. The van der Waals surface area contributed by atoms with Gasteiger partial charge in [0.05, 0.1) is 6.26 Å². The molecule has 1 N–H and O–H groups in total. The standard InChI is InChI=1S/C22H30N2O3S/c1-17(16-22(2,3)19-14-10-7-11-15-19)23-21(25)20(24(4)28(5,26)27)18-12-8-6-9-13-18/h6-15,17,20H,16H2,1-5H3,(H,23,25)/t17-,20+/m0/s1. The molecule has 2 aromatic carbocycles. The molecule has 0 saturated carbocycles. The highest BCUT2D eigenvalue weighted by atomic mass is 32.2. The lowest BCUT2D eigenvalue weighted by molar-refractivity contribution is -0.125. The molecule has 2 rings (SSSR count). The number of benzene rings is 2. The van der Waals surface area contributed by atoms with Crippen molar-refractivity contribution in [3.05, 3.63) is 71.8 Å². The summed E-state index contributed by atoms with van der Waals surface area (Å²) < 4.78 is 25.3. The van der Waals surface area contributed by atoms with E-state index < -0.39 is 16.1 Å². The van der Waals surface area contributed by atoms with Crippen molar-refractivity contribution in [2.75, 3.05) is 13.3 Å². The summed E-state index contributed by atoms with van der Waals surface area (Å²) in [6.07, 6.45) is 1.84. The second kappa shape index (κ2) is 8.88. The topological polar surface area (TPSA) is 66.5 Å². The molecule has 6 heteroatoms. The number of rotatable bonds is 8. The Bertz CT molecular complexity index is 881. The van der Waals surface area contributed by atoms with Crippen molar-refractivity contribution in [3.63, 3.8) is 0 Å². The fourth-order valence-corrected chi connectivity index (χ4v) is 4.10. The van der Waals surface area contributed by atoms with E-state index in [4.69, 9.17) is 0 Å². The number of amides is 1. The molecule has 1 amide bonds. The van der Waals surface area contributed by atoms with Crippen LogP contribution < -0.4 is 5.32 Å². The van der Waals surface area contributed by atoms with Crippen molar-refractivity contribution in [2.45, 2.75) is 44.7 Å². The van der Waals surface area contributed by atoms with Gasteiger partial charge in [0, 0.05) is 13.1 Å². The van der Waals surface area contributed by atoms with Gasteiger partial charge in [-0.2, -0.15) is 4.31 Å². The maximum absolute atomic E-state index is 13.0. The molecule has 2 aromatic rings. The first-order valence-corrected chi connectivity index (χ1v) is 11.2. The molecule has 5 nitrogen and oxygen atoms in total. The van der Waals surface area contributed by atoms with Crippen LogP contribution in [0.1, 0.15) is 44.4 Å². The lowest BCUT2D eigenvalue weighted by atomic mass is 9.79. The highest BCUT2D eigenvalue weighted by Crippen LogP contribution is 2.29. The molecule has 0 aliphatic heterocycles. The molecule has 0 aliphatic carbocycles. The molecule has 2 atom stereocenters. The van der Waals surface area contributed by atoms with Gasteiger partial charge in [-0.1, -0.05) is 74.5 Å². The van der Waals surface area contributed by atoms with Crippen molar-refractivity contribution in [1.82, 2.24) is 9.62 Å². The van der Waals surface area contributed by atoms with Gasteiger partial charge in [0.25, 0.3) is 0 Å². The van der Waals surface area contributed by atoms with Gasteiger partial charge in [-0.05, 0) is 29.9 Å². The Morgan fingerprint density at radius 2 is 1.54 bits per heavy atom. The molecule has 152 valence electrons. The predicted octanol–water partition coefficient (Wildman–Crippen LogP) is 3.49. The van der Waals surface area contributed by atoms with Crippen LogP contribution in [-0.4, -0.2) is 38.0 Å². The quantitative estimate of drug-likeness (QED) is 0.735. The Balaban J connectivity index is 2.19. The van der Waals surface area contributed by atoms with E-state index in [-0.39, 0.29) is 17.4 Å². The Morgan fingerprint density at radius 1 is 1.04 bits per heavy atom. The minimum absolute atomic E-state index is 0.123. The van der Waals surface area contributed by atoms with Gasteiger partial charge >= 0.3 is 0 Å². The van der Waals surface area contributed by atoms with E-state index in [0.717, 1.165) is 17.0 Å². The van der Waals surface area contributed by atoms with Crippen molar-refractivity contribution >= 4 is 15.9 Å². The SMILES string of the molecule is C[C@@H](CC(C)(C)c1ccccc1)NC(=O)[C@@H](c1ccccc1)N(C)S(C)(=O)=O. The van der Waals surface area contributed by atoms with Gasteiger partial charge in [-0.15, -0.1) is 0 Å². The third kappa shape index (κ3) is 5.66. The summed E-state index contributed by atoms with van der Waals surface area (Å²) in [7, 11) is -2.10. The molecule has 0 bridgehead atoms. The number of hydrogen-bond acceptors (Lipinski definition) is 3. The molecule has 0 spiro atoms. The van der Waals surface area contributed by atoms with E-state index in [1.165, 1.54) is 12.6 Å². The number of nitrogens with zero attached hydrogens (tertiary/aromatic N) is 1. The lowest BCUT2D eigenvalue weighted by Gasteiger charge is -2.31. The summed E-state index contributed by atoms with van der Waals surface area (Å²) >= 11 is 0. The van der Waals surface area contributed by atoms with Gasteiger partial charge < -0.3 is 5.32 Å². The van der Waals surface area contributed by atoms with Crippen LogP contribution in [0.3, 0.4) is 0 Å². The maximum atomic E-state index is 13.0. The van der Waals surface area contributed by atoms with Gasteiger partial charge in [-0.3, -0.25) is 4.79 Å². The molecule has 0 unspecified atom stereocenters. The number of likely N-dealkylation sites (N-methyl/N-ethyl adjacent to an activating group) is 1. The van der Waals surface area contributed by atoms with E-state index in [1.807, 2.05) is 31.2 Å². The summed E-state index contributed by atoms with van der Waals surface area (Å²) in [4.78, 5) is 13.0. The van der Waals surface area contributed by atoms with Gasteiger partial charge in [0.1, 0.15) is 6.04 Å². The normalized spacial score (nSPS) is 14.5. The predicted molar refractivity (Wildman–Crippen MR) is 113 cm³/mol. The van der Waals surface area contributed by atoms with E-state index in [2.05, 4.69) is 31.3 Å². The molecule has 0 aromatic heterocycles. The fraction of sp³-hybridized carbons (Fsp3) is 0.409. The summed E-state index contributed by atoms with van der Waals surface area (Å²) in [5.41, 5.74) is 1.71. The first-order chi connectivity index (χ1) is 13.0. The first-order valence-electron chi connectivity index (χ1n) is 9.36. The molecule has 0 radical (unpaired) electrons. The van der Waals surface area contributed by atoms with Crippen molar-refractivity contribution < 1.29 is 13.2 Å². The third-order valence-electron chi connectivity index (χ3n) is 5.01. The number of nitrogens with one attached hydrogen (secondary N) is 1. The Kier molecular flexibility index (Phi) is 7.01. The van der Waals surface area contributed by atoms with Crippen LogP contribution in [0.25, 0.3) is 0 Å².